The van der Waals surface area contributed by atoms with Crippen molar-refractivity contribution in [1.29, 1.82) is 0 Å². The van der Waals surface area contributed by atoms with Crippen molar-refractivity contribution in [2.75, 3.05) is 0 Å². The van der Waals surface area contributed by atoms with Gasteiger partial charge in [-0.05, 0) is 42.0 Å². The van der Waals surface area contributed by atoms with Gasteiger partial charge in [-0.1, -0.05) is 12.1 Å². The highest BCUT2D eigenvalue weighted by atomic mass is 16.3. The van der Waals surface area contributed by atoms with Crippen LogP contribution in [0.5, 0.6) is 0 Å². The van der Waals surface area contributed by atoms with Gasteiger partial charge in [0, 0.05) is 16.8 Å². The third-order valence-corrected chi connectivity index (χ3v) is 3.69. The van der Waals surface area contributed by atoms with E-state index in [0.717, 1.165) is 34.1 Å². The second-order valence-electron chi connectivity index (χ2n) is 5.04. The Labute approximate surface area is 126 Å². The van der Waals surface area contributed by atoms with Crippen LogP contribution in [0.2, 0.25) is 0 Å². The number of aromatic nitrogens is 2. The smallest absolute Gasteiger partial charge is 0.150 e. The molecule has 4 nitrogen and oxygen atoms in total. The Morgan fingerprint density at radius 1 is 1.05 bits per heavy atom. The third kappa shape index (κ3) is 2.02. The van der Waals surface area contributed by atoms with Gasteiger partial charge in [0.05, 0.1) is 23.6 Å². The lowest BCUT2D eigenvalue weighted by molar-refractivity contribution is 0.112. The highest BCUT2D eigenvalue weighted by Crippen LogP contribution is 2.25. The van der Waals surface area contributed by atoms with Crippen LogP contribution >= 0.6 is 0 Å². The van der Waals surface area contributed by atoms with Crippen molar-refractivity contribution in [2.45, 2.75) is 0 Å². The Morgan fingerprint density at radius 3 is 2.82 bits per heavy atom. The summed E-state index contributed by atoms with van der Waals surface area (Å²) in [6.07, 6.45) is 5.99. The molecule has 0 saturated heterocycles. The van der Waals surface area contributed by atoms with E-state index in [1.165, 1.54) is 0 Å². The summed E-state index contributed by atoms with van der Waals surface area (Å²) in [5, 5.41) is 0. The number of carbonyl (C=O) groups is 1. The summed E-state index contributed by atoms with van der Waals surface area (Å²) in [4.78, 5) is 15.2. The molecule has 0 aliphatic rings. The average Bonchev–Trinajstić information content (AvgIpc) is 3.24. The van der Waals surface area contributed by atoms with Gasteiger partial charge in [0.25, 0.3) is 0 Å². The minimum atomic E-state index is 0.630. The molecule has 0 saturated carbocycles. The summed E-state index contributed by atoms with van der Waals surface area (Å²) in [7, 11) is 0. The SMILES string of the molecule is O=Cc1ccc2c(c1)ncn2-c1cccc(-c2ccoc2)c1. The molecule has 2 aromatic carbocycles. The van der Waals surface area contributed by atoms with E-state index in [2.05, 4.69) is 11.1 Å². The molecule has 0 aliphatic carbocycles. The number of rotatable bonds is 3. The first-order valence-electron chi connectivity index (χ1n) is 6.90. The fraction of sp³-hybridized carbons (Fsp3) is 0. The van der Waals surface area contributed by atoms with Crippen LogP contribution in [0.3, 0.4) is 0 Å². The van der Waals surface area contributed by atoms with Gasteiger partial charge in [0.2, 0.25) is 0 Å². The van der Waals surface area contributed by atoms with Crippen molar-refractivity contribution >= 4 is 17.3 Å². The Balaban J connectivity index is 1.85. The first kappa shape index (κ1) is 12.6. The molecule has 0 fully saturated rings. The third-order valence-electron chi connectivity index (χ3n) is 3.69. The molecule has 0 radical (unpaired) electrons. The fourth-order valence-corrected chi connectivity index (χ4v) is 2.57. The Bertz CT molecular complexity index is 952. The first-order valence-corrected chi connectivity index (χ1v) is 6.90. The zero-order valence-electron chi connectivity index (χ0n) is 11.6. The van der Waals surface area contributed by atoms with Gasteiger partial charge in [-0.2, -0.15) is 0 Å². The van der Waals surface area contributed by atoms with Gasteiger partial charge in [0.1, 0.15) is 12.6 Å². The molecule has 0 N–H and O–H groups in total. The predicted molar refractivity (Wildman–Crippen MR) is 84.2 cm³/mol. The minimum Gasteiger partial charge on any atom is -0.472 e. The van der Waals surface area contributed by atoms with Gasteiger partial charge in [0.15, 0.2) is 0 Å². The highest BCUT2D eigenvalue weighted by Gasteiger charge is 2.07. The van der Waals surface area contributed by atoms with E-state index in [1.807, 2.05) is 34.9 Å². The predicted octanol–water partition coefficient (Wildman–Crippen LogP) is 4.10. The highest BCUT2D eigenvalue weighted by molar-refractivity contribution is 5.86. The summed E-state index contributed by atoms with van der Waals surface area (Å²) >= 11 is 0. The van der Waals surface area contributed by atoms with Gasteiger partial charge >= 0.3 is 0 Å². The van der Waals surface area contributed by atoms with Gasteiger partial charge < -0.3 is 4.42 Å². The summed E-state index contributed by atoms with van der Waals surface area (Å²) in [5.41, 5.74) is 5.53. The summed E-state index contributed by atoms with van der Waals surface area (Å²) in [6, 6.07) is 15.6. The molecule has 0 atom stereocenters. The molecular weight excluding hydrogens is 276 g/mol. The minimum absolute atomic E-state index is 0.630. The van der Waals surface area contributed by atoms with Gasteiger partial charge in [-0.3, -0.25) is 9.36 Å². The second-order valence-corrected chi connectivity index (χ2v) is 5.04. The molecule has 2 aromatic heterocycles. The Kier molecular flexibility index (Phi) is 2.86. The molecule has 22 heavy (non-hydrogen) atoms. The zero-order chi connectivity index (χ0) is 14.9. The second kappa shape index (κ2) is 5.00. The maximum atomic E-state index is 10.9. The molecule has 2 heterocycles. The number of carbonyl (C=O) groups excluding carboxylic acids is 1. The van der Waals surface area contributed by atoms with Crippen molar-refractivity contribution in [2.24, 2.45) is 0 Å². The van der Waals surface area contributed by atoms with Crippen molar-refractivity contribution in [3.05, 3.63) is 72.9 Å². The number of imidazole rings is 1. The molecule has 4 aromatic rings. The lowest BCUT2D eigenvalue weighted by Crippen LogP contribution is -1.92. The van der Waals surface area contributed by atoms with Crippen LogP contribution in [0.25, 0.3) is 27.8 Å². The molecule has 0 bridgehead atoms. The van der Waals surface area contributed by atoms with Crippen molar-refractivity contribution in [3.8, 4) is 16.8 Å². The van der Waals surface area contributed by atoms with E-state index in [0.29, 0.717) is 5.56 Å². The molecule has 0 aliphatic heterocycles. The van der Waals surface area contributed by atoms with E-state index in [-0.39, 0.29) is 0 Å². The molecule has 0 spiro atoms. The van der Waals surface area contributed by atoms with Crippen molar-refractivity contribution < 1.29 is 9.21 Å². The molecule has 4 rings (SSSR count). The quantitative estimate of drug-likeness (QED) is 0.533. The topological polar surface area (TPSA) is 48.0 Å². The molecule has 106 valence electrons. The van der Waals surface area contributed by atoms with Crippen LogP contribution in [0.4, 0.5) is 0 Å². The number of hydrogen-bond acceptors (Lipinski definition) is 3. The standard InChI is InChI=1S/C18H12N2O2/c21-10-13-4-5-18-17(8-13)19-12-20(18)16-3-1-2-14(9-16)15-6-7-22-11-15/h1-12H. The maximum Gasteiger partial charge on any atom is 0.150 e. The fourth-order valence-electron chi connectivity index (χ4n) is 2.57. The lowest BCUT2D eigenvalue weighted by Gasteiger charge is -2.06. The maximum absolute atomic E-state index is 10.9. The average molecular weight is 288 g/mol. The van der Waals surface area contributed by atoms with Gasteiger partial charge in [-0.25, -0.2) is 4.98 Å². The molecular formula is C18H12N2O2. The molecule has 0 amide bonds. The van der Waals surface area contributed by atoms with Crippen LogP contribution in [0, 0.1) is 0 Å². The van der Waals surface area contributed by atoms with Gasteiger partial charge in [-0.15, -0.1) is 0 Å². The van der Waals surface area contributed by atoms with E-state index in [1.54, 1.807) is 31.0 Å². The monoisotopic (exact) mass is 288 g/mol. The summed E-state index contributed by atoms with van der Waals surface area (Å²) in [6.45, 7) is 0. The van der Waals surface area contributed by atoms with E-state index >= 15 is 0 Å². The number of furan rings is 1. The van der Waals surface area contributed by atoms with Crippen LogP contribution in [-0.2, 0) is 0 Å². The van der Waals surface area contributed by atoms with Crippen molar-refractivity contribution in [3.63, 3.8) is 0 Å². The Hall–Kier alpha value is -3.14. The van der Waals surface area contributed by atoms with Crippen LogP contribution in [0.1, 0.15) is 10.4 Å². The van der Waals surface area contributed by atoms with Crippen LogP contribution in [-0.4, -0.2) is 15.8 Å². The Morgan fingerprint density at radius 2 is 2.00 bits per heavy atom. The molecule has 4 heteroatoms. The number of aldehydes is 1. The van der Waals surface area contributed by atoms with Crippen LogP contribution < -0.4 is 0 Å². The van der Waals surface area contributed by atoms with E-state index < -0.39 is 0 Å². The number of nitrogens with zero attached hydrogens (tertiary/aromatic N) is 2. The molecule has 0 unspecified atom stereocenters. The van der Waals surface area contributed by atoms with Crippen molar-refractivity contribution in [1.82, 2.24) is 9.55 Å². The number of benzene rings is 2. The first-order chi connectivity index (χ1) is 10.8. The zero-order valence-corrected chi connectivity index (χ0v) is 11.6. The lowest BCUT2D eigenvalue weighted by atomic mass is 10.1. The van der Waals surface area contributed by atoms with Crippen LogP contribution in [0.15, 0.2) is 71.8 Å². The van der Waals surface area contributed by atoms with E-state index in [9.17, 15) is 4.79 Å². The normalized spacial score (nSPS) is 10.9. The van der Waals surface area contributed by atoms with E-state index in [4.69, 9.17) is 4.42 Å². The number of hydrogen-bond donors (Lipinski definition) is 0. The summed E-state index contributed by atoms with van der Waals surface area (Å²) < 4.78 is 7.15. The summed E-state index contributed by atoms with van der Waals surface area (Å²) in [5.74, 6) is 0. The number of fused-ring (bicyclic) bond motifs is 1. The largest absolute Gasteiger partial charge is 0.472 e.